The van der Waals surface area contributed by atoms with E-state index in [9.17, 15) is 14.8 Å². The summed E-state index contributed by atoms with van der Waals surface area (Å²) < 4.78 is 42.9. The molecule has 2 aliphatic rings. The van der Waals surface area contributed by atoms with Gasteiger partial charge in [0.15, 0.2) is 6.23 Å². The van der Waals surface area contributed by atoms with Crippen LogP contribution in [0.2, 0.25) is 0 Å². The fourth-order valence-corrected chi connectivity index (χ4v) is 5.78. The summed E-state index contributed by atoms with van der Waals surface area (Å²) in [6, 6.07) is 10.9. The molecule has 0 amide bonds. The molecule has 5 rings (SSSR count). The van der Waals surface area contributed by atoms with Crippen molar-refractivity contribution in [2.45, 2.75) is 43.2 Å². The first-order valence-electron chi connectivity index (χ1n) is 11.0. The number of aromatic nitrogens is 3. The molecule has 2 saturated heterocycles. The first-order valence-corrected chi connectivity index (χ1v) is 12.5. The fraction of sp³-hybridized carbons (Fsp3) is 0.455. The summed E-state index contributed by atoms with van der Waals surface area (Å²) in [6.45, 7) is 1.06. The maximum absolute atomic E-state index is 13.3. The molecule has 2 fully saturated rings. The summed E-state index contributed by atoms with van der Waals surface area (Å²) in [5, 5.41) is 22.5. The molecule has 13 heteroatoms. The van der Waals surface area contributed by atoms with E-state index in [1.165, 1.54) is 20.4 Å². The Morgan fingerprint density at radius 2 is 2.06 bits per heavy atom. The highest BCUT2D eigenvalue weighted by Crippen LogP contribution is 2.58. The zero-order chi connectivity index (χ0) is 24.8. The molecule has 0 unspecified atom stereocenters. The molecule has 2 aromatic heterocycles. The molecule has 7 atom stereocenters. The van der Waals surface area contributed by atoms with Gasteiger partial charge < -0.3 is 30.0 Å². The van der Waals surface area contributed by atoms with Crippen LogP contribution < -0.4 is 5.73 Å². The van der Waals surface area contributed by atoms with Gasteiger partial charge in [0.05, 0.1) is 18.6 Å². The summed E-state index contributed by atoms with van der Waals surface area (Å²) in [5.74, 6) is 0.277. The number of ether oxygens (including phenoxy) is 2. The fourth-order valence-electron chi connectivity index (χ4n) is 4.39. The van der Waals surface area contributed by atoms with Crippen LogP contribution in [0.15, 0.2) is 48.9 Å². The van der Waals surface area contributed by atoms with E-state index in [4.69, 9.17) is 28.8 Å². The number of hydrogen-bond acceptors (Lipinski definition) is 11. The Labute approximate surface area is 201 Å². The van der Waals surface area contributed by atoms with Crippen molar-refractivity contribution in [1.82, 2.24) is 14.5 Å². The van der Waals surface area contributed by atoms with Crippen molar-refractivity contribution in [1.29, 1.82) is 0 Å². The van der Waals surface area contributed by atoms with Crippen molar-refractivity contribution in [3.8, 4) is 0 Å². The second-order valence-corrected chi connectivity index (χ2v) is 10.3. The van der Waals surface area contributed by atoms with Crippen LogP contribution in [0.25, 0.3) is 11.0 Å². The molecule has 3 aromatic rings. The SMILES string of the molecule is CO[C@@H]1CO[P@](=O)(OC[C@H]2O[C@@H](n3ccc4c(N)ncnc43)[C@](C)(O)[C@@H]2O)O[C@H]1c1ccccc1. The van der Waals surface area contributed by atoms with E-state index in [0.717, 1.165) is 5.56 Å². The third-order valence-corrected chi connectivity index (χ3v) is 7.77. The quantitative estimate of drug-likeness (QED) is 0.419. The van der Waals surface area contributed by atoms with Crippen molar-refractivity contribution in [2.24, 2.45) is 0 Å². The zero-order valence-corrected chi connectivity index (χ0v) is 20.0. The monoisotopic (exact) mass is 506 g/mol. The summed E-state index contributed by atoms with van der Waals surface area (Å²) in [5.41, 5.74) is 5.36. The van der Waals surface area contributed by atoms with Gasteiger partial charge >= 0.3 is 7.82 Å². The largest absolute Gasteiger partial charge is 0.475 e. The van der Waals surface area contributed by atoms with Gasteiger partial charge in [0.25, 0.3) is 0 Å². The number of nitrogen functional groups attached to an aromatic ring is 1. The molecule has 0 bridgehead atoms. The molecular weight excluding hydrogens is 479 g/mol. The molecule has 2 aliphatic heterocycles. The Kier molecular flexibility index (Phi) is 6.41. The molecule has 12 nitrogen and oxygen atoms in total. The number of phosphoric ester groups is 1. The number of phosphoric acid groups is 1. The number of hydrogen-bond donors (Lipinski definition) is 3. The van der Waals surface area contributed by atoms with Crippen LogP contribution in [-0.2, 0) is 27.6 Å². The Hall–Kier alpha value is -2.41. The second-order valence-electron chi connectivity index (χ2n) is 8.67. The molecule has 0 spiro atoms. The van der Waals surface area contributed by atoms with Gasteiger partial charge in [0.1, 0.15) is 47.8 Å². The number of anilines is 1. The molecule has 0 aliphatic carbocycles. The Morgan fingerprint density at radius 1 is 1.29 bits per heavy atom. The van der Waals surface area contributed by atoms with Crippen molar-refractivity contribution in [3.05, 3.63) is 54.5 Å². The van der Waals surface area contributed by atoms with Gasteiger partial charge in [-0.15, -0.1) is 0 Å². The Balaban J connectivity index is 1.32. The van der Waals surface area contributed by atoms with E-state index in [2.05, 4.69) is 9.97 Å². The van der Waals surface area contributed by atoms with Crippen LogP contribution in [0.4, 0.5) is 5.82 Å². The van der Waals surface area contributed by atoms with E-state index in [1.807, 2.05) is 30.3 Å². The number of aliphatic hydroxyl groups excluding tert-OH is 1. The average Bonchev–Trinajstić information content (AvgIpc) is 3.38. The van der Waals surface area contributed by atoms with Crippen molar-refractivity contribution >= 4 is 24.7 Å². The molecule has 188 valence electrons. The summed E-state index contributed by atoms with van der Waals surface area (Å²) >= 11 is 0. The minimum atomic E-state index is -4.03. The number of nitrogens with two attached hydrogens (primary N) is 1. The summed E-state index contributed by atoms with van der Waals surface area (Å²) in [6.07, 6.45) is -1.68. The topological polar surface area (TPSA) is 160 Å². The number of fused-ring (bicyclic) bond motifs is 1. The van der Waals surface area contributed by atoms with Crippen molar-refractivity contribution in [3.63, 3.8) is 0 Å². The lowest BCUT2D eigenvalue weighted by atomic mass is 9.96. The maximum Gasteiger partial charge on any atom is 0.475 e. The van der Waals surface area contributed by atoms with Crippen LogP contribution in [0.1, 0.15) is 24.8 Å². The van der Waals surface area contributed by atoms with Gasteiger partial charge in [-0.25, -0.2) is 14.5 Å². The summed E-state index contributed by atoms with van der Waals surface area (Å²) in [7, 11) is -2.52. The van der Waals surface area contributed by atoms with Gasteiger partial charge in [-0.05, 0) is 18.6 Å². The number of methoxy groups -OCH3 is 1. The van der Waals surface area contributed by atoms with Gasteiger partial charge in [0, 0.05) is 13.3 Å². The zero-order valence-electron chi connectivity index (χ0n) is 19.1. The van der Waals surface area contributed by atoms with Gasteiger partial charge in [-0.3, -0.25) is 13.6 Å². The first-order chi connectivity index (χ1) is 16.7. The maximum atomic E-state index is 13.3. The number of aliphatic hydroxyl groups is 2. The standard InChI is InChI=1S/C22H27N4O8P/c1-22(28)18(27)16(33-21(22)26-9-8-14-19(23)24-12-25-20(14)26)11-32-35(29)31-10-15(30-2)17(34-35)13-6-4-3-5-7-13/h3-9,12,15-18,21,27-28H,10-11H2,1-2H3,(H2,23,24,25)/t15-,16-,17+,18-,21-,22-,35-/m1/s1. The number of rotatable bonds is 6. The van der Waals surface area contributed by atoms with Crippen molar-refractivity contribution in [2.75, 3.05) is 26.1 Å². The van der Waals surface area contributed by atoms with E-state index in [1.54, 1.807) is 16.8 Å². The van der Waals surface area contributed by atoms with E-state index < -0.39 is 44.1 Å². The number of nitrogens with zero attached hydrogens (tertiary/aromatic N) is 3. The van der Waals surface area contributed by atoms with E-state index in [0.29, 0.717) is 11.0 Å². The van der Waals surface area contributed by atoms with Crippen LogP contribution in [0.3, 0.4) is 0 Å². The highest BCUT2D eigenvalue weighted by atomic mass is 31.2. The highest BCUT2D eigenvalue weighted by molar-refractivity contribution is 7.48. The molecule has 0 saturated carbocycles. The minimum Gasteiger partial charge on any atom is -0.387 e. The van der Waals surface area contributed by atoms with Crippen LogP contribution in [0.5, 0.6) is 0 Å². The van der Waals surface area contributed by atoms with Crippen LogP contribution in [-0.4, -0.2) is 69.0 Å². The highest BCUT2D eigenvalue weighted by Gasteiger charge is 2.54. The summed E-state index contributed by atoms with van der Waals surface area (Å²) in [4.78, 5) is 8.17. The molecule has 4 heterocycles. The van der Waals surface area contributed by atoms with Gasteiger partial charge in [0.2, 0.25) is 0 Å². The first kappa shape index (κ1) is 24.3. The predicted molar refractivity (Wildman–Crippen MR) is 123 cm³/mol. The molecular formula is C22H27N4O8P. The second kappa shape index (κ2) is 9.23. The molecule has 4 N–H and O–H groups in total. The molecule has 0 radical (unpaired) electrons. The normalized spacial score (nSPS) is 35.5. The lowest BCUT2D eigenvalue weighted by Crippen LogP contribution is -2.44. The van der Waals surface area contributed by atoms with E-state index >= 15 is 0 Å². The van der Waals surface area contributed by atoms with Gasteiger partial charge in [-0.2, -0.15) is 0 Å². The van der Waals surface area contributed by atoms with Crippen LogP contribution in [0, 0.1) is 0 Å². The third kappa shape index (κ3) is 4.37. The predicted octanol–water partition coefficient (Wildman–Crippen LogP) is 1.95. The third-order valence-electron chi connectivity index (χ3n) is 6.35. The molecule has 35 heavy (non-hydrogen) atoms. The molecule has 1 aromatic carbocycles. The minimum absolute atomic E-state index is 0.0156. The Morgan fingerprint density at radius 3 is 2.80 bits per heavy atom. The van der Waals surface area contributed by atoms with Gasteiger partial charge in [-0.1, -0.05) is 30.3 Å². The number of benzene rings is 1. The van der Waals surface area contributed by atoms with E-state index in [-0.39, 0.29) is 19.0 Å². The lowest BCUT2D eigenvalue weighted by Gasteiger charge is -2.35. The lowest BCUT2D eigenvalue weighted by molar-refractivity contribution is -0.0990. The van der Waals surface area contributed by atoms with Crippen LogP contribution >= 0.6 is 7.82 Å². The Bertz CT molecular complexity index is 1240. The van der Waals surface area contributed by atoms with Crippen molar-refractivity contribution < 1.29 is 37.8 Å². The smallest absolute Gasteiger partial charge is 0.387 e. The average molecular weight is 506 g/mol.